The Morgan fingerprint density at radius 3 is 1.80 bits per heavy atom. The molecule has 1 fully saturated rings. The highest BCUT2D eigenvalue weighted by Crippen LogP contribution is 2.54. The molecule has 1 heteroatoms. The van der Waals surface area contributed by atoms with Crippen molar-refractivity contribution in [3.63, 3.8) is 0 Å². The highest BCUT2D eigenvalue weighted by atomic mass is 15.1. The van der Waals surface area contributed by atoms with Crippen molar-refractivity contribution >= 4 is 27.8 Å². The topological polar surface area (TPSA) is 3.24 Å². The van der Waals surface area contributed by atoms with Gasteiger partial charge in [0.1, 0.15) is 0 Å². The fraction of sp³-hybridized carbons (Fsp3) is 0.184. The van der Waals surface area contributed by atoms with Crippen molar-refractivity contribution < 1.29 is 0 Å². The van der Waals surface area contributed by atoms with Crippen LogP contribution in [0, 0.1) is 0 Å². The molecule has 2 aliphatic carbocycles. The van der Waals surface area contributed by atoms with E-state index in [0.29, 0.717) is 5.92 Å². The molecule has 0 bridgehead atoms. The zero-order valence-electron chi connectivity index (χ0n) is 29.1. The van der Waals surface area contributed by atoms with E-state index >= 15 is 0 Å². The van der Waals surface area contributed by atoms with Crippen LogP contribution in [-0.4, -0.2) is 0 Å². The van der Waals surface area contributed by atoms with Gasteiger partial charge in [-0.2, -0.15) is 0 Å². The number of rotatable bonds is 6. The number of hydrogen-bond acceptors (Lipinski definition) is 1. The predicted molar refractivity (Wildman–Crippen MR) is 213 cm³/mol. The second kappa shape index (κ2) is 12.5. The summed E-state index contributed by atoms with van der Waals surface area (Å²) in [4.78, 5) is 2.51. The van der Waals surface area contributed by atoms with Crippen molar-refractivity contribution in [1.29, 1.82) is 0 Å². The number of nitrogens with zero attached hydrogens (tertiary/aromatic N) is 1. The van der Waals surface area contributed by atoms with Crippen LogP contribution in [-0.2, 0) is 5.41 Å². The Kier molecular flexibility index (Phi) is 7.65. The maximum Gasteiger partial charge on any atom is 0.0546 e. The fourth-order valence-electron chi connectivity index (χ4n) is 8.79. The molecule has 0 spiro atoms. The van der Waals surface area contributed by atoms with Crippen LogP contribution in [0.4, 0.5) is 17.1 Å². The molecule has 0 unspecified atom stereocenters. The monoisotopic (exact) mass is 645 g/mol. The minimum absolute atomic E-state index is 0.145. The molecule has 0 N–H and O–H groups in total. The summed E-state index contributed by atoms with van der Waals surface area (Å²) in [5, 5.41) is 2.49. The van der Waals surface area contributed by atoms with Crippen LogP contribution in [0.25, 0.3) is 44.2 Å². The molecule has 0 aliphatic heterocycles. The van der Waals surface area contributed by atoms with E-state index in [1.807, 2.05) is 0 Å². The summed E-state index contributed by atoms with van der Waals surface area (Å²) >= 11 is 0. The smallest absolute Gasteiger partial charge is 0.0546 e. The minimum Gasteiger partial charge on any atom is -0.310 e. The predicted octanol–water partition coefficient (Wildman–Crippen LogP) is 14.0. The first-order chi connectivity index (χ1) is 24.6. The van der Waals surface area contributed by atoms with Crippen molar-refractivity contribution in [3.05, 3.63) is 174 Å². The molecule has 1 saturated carbocycles. The standard InChI is InChI=1S/C49H43N/c1-49(2)45-24-14-23-42(36-17-8-4-9-18-36)48(45)43-30-29-41(33-46(43)49)50(40-27-25-35(26-28-40)34-15-6-3-7-16-34)47-32-39-22-13-12-21-38(39)31-44(47)37-19-10-5-11-20-37/h4-5,8-14,17-34H,3,6-7,15-16H2,1-2H3. The number of benzene rings is 7. The zero-order valence-corrected chi connectivity index (χ0v) is 29.1. The summed E-state index contributed by atoms with van der Waals surface area (Å²) in [6.45, 7) is 4.79. The Labute approximate surface area is 296 Å². The molecule has 1 nitrogen and oxygen atoms in total. The van der Waals surface area contributed by atoms with Crippen LogP contribution in [0.1, 0.15) is 68.6 Å². The summed E-state index contributed by atoms with van der Waals surface area (Å²) in [6.07, 6.45) is 6.66. The number of fused-ring (bicyclic) bond motifs is 4. The Morgan fingerprint density at radius 1 is 0.480 bits per heavy atom. The van der Waals surface area contributed by atoms with Crippen molar-refractivity contribution in [1.82, 2.24) is 0 Å². The minimum atomic E-state index is -0.145. The van der Waals surface area contributed by atoms with Crippen LogP contribution in [0.3, 0.4) is 0 Å². The number of anilines is 3. The fourth-order valence-corrected chi connectivity index (χ4v) is 8.79. The summed E-state index contributed by atoms with van der Waals surface area (Å²) in [5.41, 5.74) is 15.4. The third-order valence-corrected chi connectivity index (χ3v) is 11.4. The van der Waals surface area contributed by atoms with Gasteiger partial charge in [-0.25, -0.2) is 0 Å². The first kappa shape index (κ1) is 30.6. The Balaban J connectivity index is 1.25. The molecule has 2 aliphatic rings. The average molecular weight is 646 g/mol. The summed E-state index contributed by atoms with van der Waals surface area (Å²) < 4.78 is 0. The maximum atomic E-state index is 2.51. The molecule has 0 radical (unpaired) electrons. The summed E-state index contributed by atoms with van der Waals surface area (Å²) in [6, 6.07) is 58.9. The number of hydrogen-bond donors (Lipinski definition) is 0. The first-order valence-electron chi connectivity index (χ1n) is 18.4. The second-order valence-electron chi connectivity index (χ2n) is 14.8. The molecule has 244 valence electrons. The van der Waals surface area contributed by atoms with Gasteiger partial charge in [0, 0.05) is 22.4 Å². The lowest BCUT2D eigenvalue weighted by molar-refractivity contribution is 0.443. The Hall–Kier alpha value is -5.40. The highest BCUT2D eigenvalue weighted by molar-refractivity contribution is 5.99. The van der Waals surface area contributed by atoms with E-state index in [-0.39, 0.29) is 5.41 Å². The van der Waals surface area contributed by atoms with Gasteiger partial charge in [0.05, 0.1) is 5.69 Å². The van der Waals surface area contributed by atoms with Gasteiger partial charge in [0.25, 0.3) is 0 Å². The molecule has 0 heterocycles. The van der Waals surface area contributed by atoms with Crippen LogP contribution in [0.15, 0.2) is 158 Å². The van der Waals surface area contributed by atoms with Gasteiger partial charge in [-0.05, 0) is 110 Å². The van der Waals surface area contributed by atoms with E-state index < -0.39 is 0 Å². The average Bonchev–Trinajstić information content (AvgIpc) is 3.41. The van der Waals surface area contributed by atoms with E-state index in [1.54, 1.807) is 0 Å². The van der Waals surface area contributed by atoms with Gasteiger partial charge in [-0.1, -0.05) is 154 Å². The van der Waals surface area contributed by atoms with Crippen molar-refractivity contribution in [2.45, 2.75) is 57.3 Å². The molecule has 9 rings (SSSR count). The van der Waals surface area contributed by atoms with Crippen LogP contribution in [0.5, 0.6) is 0 Å². The zero-order chi connectivity index (χ0) is 33.7. The van der Waals surface area contributed by atoms with Gasteiger partial charge < -0.3 is 4.90 Å². The van der Waals surface area contributed by atoms with Gasteiger partial charge in [-0.3, -0.25) is 0 Å². The van der Waals surface area contributed by atoms with Crippen LogP contribution < -0.4 is 4.90 Å². The highest BCUT2D eigenvalue weighted by Gasteiger charge is 2.37. The van der Waals surface area contributed by atoms with E-state index in [0.717, 1.165) is 0 Å². The van der Waals surface area contributed by atoms with Crippen LogP contribution in [0.2, 0.25) is 0 Å². The van der Waals surface area contributed by atoms with E-state index in [9.17, 15) is 0 Å². The summed E-state index contributed by atoms with van der Waals surface area (Å²) in [5.74, 6) is 0.671. The molecular weight excluding hydrogens is 603 g/mol. The lowest BCUT2D eigenvalue weighted by atomic mass is 9.81. The third kappa shape index (κ3) is 5.24. The van der Waals surface area contributed by atoms with Crippen molar-refractivity contribution in [2.75, 3.05) is 4.90 Å². The summed E-state index contributed by atoms with van der Waals surface area (Å²) in [7, 11) is 0. The molecule has 7 aromatic rings. The Bertz CT molecular complexity index is 2310. The van der Waals surface area contributed by atoms with E-state index in [2.05, 4.69) is 176 Å². The SMILES string of the molecule is CC1(C)c2cc(N(c3ccc(C4CCCCC4)cc3)c3cc4ccccc4cc3-c3ccccc3)ccc2-c2c(-c3ccccc3)cccc21. The lowest BCUT2D eigenvalue weighted by Crippen LogP contribution is -2.17. The van der Waals surface area contributed by atoms with Gasteiger partial charge in [-0.15, -0.1) is 0 Å². The van der Waals surface area contributed by atoms with Crippen LogP contribution >= 0.6 is 0 Å². The quantitative estimate of drug-likeness (QED) is 0.174. The molecular formula is C49H43N. The van der Waals surface area contributed by atoms with Gasteiger partial charge in [0.2, 0.25) is 0 Å². The molecule has 7 aromatic carbocycles. The Morgan fingerprint density at radius 2 is 1.10 bits per heavy atom. The van der Waals surface area contributed by atoms with Gasteiger partial charge in [0.15, 0.2) is 0 Å². The van der Waals surface area contributed by atoms with E-state index in [4.69, 9.17) is 0 Å². The van der Waals surface area contributed by atoms with Crippen molar-refractivity contribution in [2.24, 2.45) is 0 Å². The molecule has 50 heavy (non-hydrogen) atoms. The molecule has 0 atom stereocenters. The third-order valence-electron chi connectivity index (χ3n) is 11.4. The first-order valence-corrected chi connectivity index (χ1v) is 18.4. The molecule has 0 aromatic heterocycles. The maximum absolute atomic E-state index is 2.51. The van der Waals surface area contributed by atoms with Gasteiger partial charge >= 0.3 is 0 Å². The normalized spacial score (nSPS) is 15.1. The van der Waals surface area contributed by atoms with Crippen molar-refractivity contribution in [3.8, 4) is 33.4 Å². The molecule has 0 amide bonds. The van der Waals surface area contributed by atoms with E-state index in [1.165, 1.54) is 110 Å². The largest absolute Gasteiger partial charge is 0.310 e. The lowest BCUT2D eigenvalue weighted by Gasteiger charge is -2.31. The molecule has 0 saturated heterocycles. The second-order valence-corrected chi connectivity index (χ2v) is 14.8.